The summed E-state index contributed by atoms with van der Waals surface area (Å²) in [6.45, 7) is 25.6. The van der Waals surface area contributed by atoms with Gasteiger partial charge in [0.1, 0.15) is 10.1 Å². The SMILES string of the molecule is CC.CC.CC.CC(C)(C)c1ccc([I+]c2ccc(C(C)(C)C)cc2)cc1.O=S(=O)([O-])c1ccccc1. The van der Waals surface area contributed by atoms with Crippen molar-refractivity contribution in [1.29, 1.82) is 0 Å². The summed E-state index contributed by atoms with van der Waals surface area (Å²) in [5.41, 5.74) is 3.31. The summed E-state index contributed by atoms with van der Waals surface area (Å²) < 4.78 is 33.8. The summed E-state index contributed by atoms with van der Waals surface area (Å²) >= 11 is -0.0703. The number of benzene rings is 3. The van der Waals surface area contributed by atoms with Crippen molar-refractivity contribution in [3.63, 3.8) is 0 Å². The molecule has 0 saturated heterocycles. The Morgan fingerprint density at radius 2 is 0.838 bits per heavy atom. The smallest absolute Gasteiger partial charge is 0.357 e. The first-order chi connectivity index (χ1) is 17.3. The monoisotopic (exact) mass is 640 g/mol. The molecule has 37 heavy (non-hydrogen) atoms. The second-order valence-electron chi connectivity index (χ2n) is 9.38. The molecule has 0 N–H and O–H groups in total. The Labute approximate surface area is 239 Å². The number of halogens is 1. The fourth-order valence-electron chi connectivity index (χ4n) is 2.74. The average Bonchev–Trinajstić information content (AvgIpc) is 2.88. The Kier molecular flexibility index (Phi) is 18.8. The first-order valence-corrected chi connectivity index (χ1v) is 16.7. The van der Waals surface area contributed by atoms with Gasteiger partial charge in [0.15, 0.2) is 7.14 Å². The Balaban J connectivity index is 0. The summed E-state index contributed by atoms with van der Waals surface area (Å²) in [6, 6.07) is 25.6. The molecule has 0 heterocycles. The molecule has 3 rings (SSSR count). The van der Waals surface area contributed by atoms with E-state index in [0.717, 1.165) is 0 Å². The van der Waals surface area contributed by atoms with Crippen molar-refractivity contribution < 1.29 is 34.2 Å². The lowest BCUT2D eigenvalue weighted by Gasteiger charge is -2.18. The molecule has 0 unspecified atom stereocenters. The van der Waals surface area contributed by atoms with Gasteiger partial charge in [-0.15, -0.1) is 0 Å². The van der Waals surface area contributed by atoms with Crippen LogP contribution in [0.25, 0.3) is 0 Å². The van der Waals surface area contributed by atoms with Crippen LogP contribution in [-0.4, -0.2) is 13.0 Å². The molecule has 0 amide bonds. The lowest BCUT2D eigenvalue weighted by Crippen LogP contribution is -3.61. The van der Waals surface area contributed by atoms with Crippen LogP contribution in [0.15, 0.2) is 83.8 Å². The van der Waals surface area contributed by atoms with E-state index in [1.807, 2.05) is 41.5 Å². The van der Waals surface area contributed by atoms with Crippen LogP contribution in [0.1, 0.15) is 94.2 Å². The molecule has 0 aliphatic rings. The Morgan fingerprint density at radius 1 is 0.541 bits per heavy atom. The van der Waals surface area contributed by atoms with Gasteiger partial charge in [0.05, 0.1) is 4.90 Å². The third kappa shape index (κ3) is 15.3. The summed E-state index contributed by atoms with van der Waals surface area (Å²) in [4.78, 5) is -0.185. The van der Waals surface area contributed by atoms with Gasteiger partial charge in [-0.2, -0.15) is 0 Å². The van der Waals surface area contributed by atoms with Crippen LogP contribution in [-0.2, 0) is 20.9 Å². The normalized spacial score (nSPS) is 10.6. The van der Waals surface area contributed by atoms with Crippen molar-refractivity contribution in [2.75, 3.05) is 0 Å². The minimum Gasteiger partial charge on any atom is -0.744 e. The average molecular weight is 641 g/mol. The van der Waals surface area contributed by atoms with Crippen molar-refractivity contribution in [2.24, 2.45) is 0 Å². The van der Waals surface area contributed by atoms with Crippen molar-refractivity contribution in [3.05, 3.63) is 97.1 Å². The van der Waals surface area contributed by atoms with E-state index in [0.29, 0.717) is 0 Å². The Morgan fingerprint density at radius 3 is 1.05 bits per heavy atom. The third-order valence-corrected chi connectivity index (χ3v) is 8.20. The minimum atomic E-state index is -4.25. The molecule has 0 radical (unpaired) electrons. The molecule has 0 bridgehead atoms. The first-order valence-electron chi connectivity index (χ1n) is 13.1. The van der Waals surface area contributed by atoms with Crippen LogP contribution in [0.2, 0.25) is 0 Å². The van der Waals surface area contributed by atoms with Crippen LogP contribution < -0.4 is 21.2 Å². The van der Waals surface area contributed by atoms with Gasteiger partial charge in [-0.3, -0.25) is 0 Å². The molecule has 3 aromatic carbocycles. The molecule has 0 spiro atoms. The van der Waals surface area contributed by atoms with Gasteiger partial charge in [0.2, 0.25) is 0 Å². The van der Waals surface area contributed by atoms with E-state index < -0.39 is 10.1 Å². The largest absolute Gasteiger partial charge is 0.744 e. The standard InChI is InChI=1S/C20H26I.C6H6O3S.3C2H6/c1-19(2,3)15-7-11-17(12-8-15)21-18-13-9-16(10-14-18)20(4,5)6;7-10(8,9)6-4-2-1-3-5-6;3*1-2/h7-14H,1-6H3;1-5H,(H,7,8,9);3*1-2H3/q+1;;;;/p-1. The van der Waals surface area contributed by atoms with Crippen LogP contribution in [0.3, 0.4) is 0 Å². The van der Waals surface area contributed by atoms with E-state index >= 15 is 0 Å². The fourth-order valence-corrected chi connectivity index (χ4v) is 5.39. The van der Waals surface area contributed by atoms with Crippen molar-refractivity contribution in [2.45, 2.75) is 98.8 Å². The van der Waals surface area contributed by atoms with Gasteiger partial charge < -0.3 is 4.55 Å². The highest BCUT2D eigenvalue weighted by Gasteiger charge is 2.20. The quantitative estimate of drug-likeness (QED) is 0.258. The Bertz CT molecular complexity index is 1000. The lowest BCUT2D eigenvalue weighted by atomic mass is 9.87. The zero-order valence-electron chi connectivity index (χ0n) is 25.0. The number of hydrogen-bond donors (Lipinski definition) is 0. The highest BCUT2D eigenvalue weighted by Crippen LogP contribution is 2.21. The predicted octanol–water partition coefficient (Wildman–Crippen LogP) is 6.08. The summed E-state index contributed by atoms with van der Waals surface area (Å²) in [5.74, 6) is 0. The van der Waals surface area contributed by atoms with Gasteiger partial charge in [0.25, 0.3) is 0 Å². The summed E-state index contributed by atoms with van der Waals surface area (Å²) in [5, 5.41) is 0. The summed E-state index contributed by atoms with van der Waals surface area (Å²) in [6.07, 6.45) is 0. The van der Waals surface area contributed by atoms with Crippen LogP contribution in [0, 0.1) is 7.14 Å². The molecule has 3 aromatic rings. The third-order valence-electron chi connectivity index (χ3n) is 4.67. The van der Waals surface area contributed by atoms with Crippen LogP contribution in [0.5, 0.6) is 0 Å². The zero-order valence-corrected chi connectivity index (χ0v) is 28.0. The molecule has 0 aromatic heterocycles. The van der Waals surface area contributed by atoms with Gasteiger partial charge in [-0.25, -0.2) is 8.42 Å². The maximum Gasteiger partial charge on any atom is 0.357 e. The van der Waals surface area contributed by atoms with Crippen molar-refractivity contribution in [1.82, 2.24) is 0 Å². The molecule has 0 fully saturated rings. The van der Waals surface area contributed by atoms with Gasteiger partial charge in [0, 0.05) is 0 Å². The lowest BCUT2D eigenvalue weighted by molar-refractivity contribution is -0.597. The van der Waals surface area contributed by atoms with Gasteiger partial charge in [-0.1, -0.05) is 126 Å². The topological polar surface area (TPSA) is 57.2 Å². The van der Waals surface area contributed by atoms with E-state index in [4.69, 9.17) is 0 Å². The maximum absolute atomic E-state index is 10.3. The molecule has 0 aliphatic heterocycles. The molecular formula is C32H49IO3S. The van der Waals surface area contributed by atoms with Crippen LogP contribution >= 0.6 is 0 Å². The zero-order chi connectivity index (χ0) is 29.3. The van der Waals surface area contributed by atoms with E-state index in [1.165, 1.54) is 42.5 Å². The second kappa shape index (κ2) is 18.5. The minimum absolute atomic E-state index is 0.0703. The number of rotatable bonds is 3. The Hall–Kier alpha value is -1.70. The predicted molar refractivity (Wildman–Crippen MR) is 156 cm³/mol. The maximum atomic E-state index is 10.3. The van der Waals surface area contributed by atoms with Crippen molar-refractivity contribution >= 4 is 10.1 Å². The highest BCUT2D eigenvalue weighted by molar-refractivity contribution is 7.85. The second-order valence-corrected chi connectivity index (χ2v) is 13.8. The van der Waals surface area contributed by atoms with Crippen molar-refractivity contribution in [3.8, 4) is 0 Å². The van der Waals surface area contributed by atoms with E-state index in [9.17, 15) is 13.0 Å². The summed E-state index contributed by atoms with van der Waals surface area (Å²) in [7, 11) is -4.25. The molecule has 5 heteroatoms. The molecule has 0 aliphatic carbocycles. The van der Waals surface area contributed by atoms with Crippen LogP contribution in [0.4, 0.5) is 0 Å². The van der Waals surface area contributed by atoms with E-state index in [1.54, 1.807) is 6.07 Å². The molecular weight excluding hydrogens is 591 g/mol. The fraction of sp³-hybridized carbons (Fsp3) is 0.438. The van der Waals surface area contributed by atoms with Gasteiger partial charge in [-0.05, 0) is 58.4 Å². The van der Waals surface area contributed by atoms with E-state index in [-0.39, 0.29) is 36.9 Å². The highest BCUT2D eigenvalue weighted by atomic mass is 127. The molecule has 208 valence electrons. The molecule has 3 nitrogen and oxygen atoms in total. The van der Waals surface area contributed by atoms with E-state index in [2.05, 4.69) is 90.1 Å². The number of hydrogen-bond acceptors (Lipinski definition) is 3. The molecule has 0 saturated carbocycles. The first kappa shape index (κ1) is 37.5. The molecule has 0 atom stereocenters. The van der Waals surface area contributed by atoms with Gasteiger partial charge >= 0.3 is 21.2 Å².